The number of rotatable bonds is 3. The van der Waals surface area contributed by atoms with E-state index in [0.717, 1.165) is 12.0 Å². The first kappa shape index (κ1) is 12.8. The van der Waals surface area contributed by atoms with Gasteiger partial charge >= 0.3 is 5.97 Å². The van der Waals surface area contributed by atoms with Crippen molar-refractivity contribution in [3.8, 4) is 0 Å². The third-order valence-electron chi connectivity index (χ3n) is 2.20. The molecule has 16 heavy (non-hydrogen) atoms. The molecular weight excluding hydrogens is 200 g/mol. The smallest absolute Gasteiger partial charge is 0.310 e. The lowest BCUT2D eigenvalue weighted by atomic mass is 10.1. The highest BCUT2D eigenvalue weighted by Crippen LogP contribution is 2.11. The fraction of sp³-hybridized carbons (Fsp3) is 0.500. The number of hydrogen-bond acceptors (Lipinski definition) is 2. The molecule has 0 unspecified atom stereocenters. The van der Waals surface area contributed by atoms with E-state index in [4.69, 9.17) is 4.74 Å². The maximum Gasteiger partial charge on any atom is 0.310 e. The van der Waals surface area contributed by atoms with Crippen molar-refractivity contribution in [1.82, 2.24) is 0 Å². The molecule has 0 bridgehead atoms. The molecule has 0 heterocycles. The van der Waals surface area contributed by atoms with E-state index in [9.17, 15) is 4.79 Å². The minimum Gasteiger partial charge on any atom is -0.460 e. The SMILES string of the molecule is CCc1ccc(CC(=O)OC(C)(C)C)cc1. The first-order chi connectivity index (χ1) is 7.40. The third kappa shape index (κ3) is 4.47. The van der Waals surface area contributed by atoms with E-state index in [2.05, 4.69) is 19.1 Å². The lowest BCUT2D eigenvalue weighted by Crippen LogP contribution is -2.24. The summed E-state index contributed by atoms with van der Waals surface area (Å²) in [5.74, 6) is -0.170. The van der Waals surface area contributed by atoms with Gasteiger partial charge in [0, 0.05) is 0 Å². The zero-order valence-electron chi connectivity index (χ0n) is 10.5. The van der Waals surface area contributed by atoms with Crippen molar-refractivity contribution in [3.63, 3.8) is 0 Å². The number of hydrogen-bond donors (Lipinski definition) is 0. The normalized spacial score (nSPS) is 11.2. The number of carbonyl (C=O) groups excluding carboxylic acids is 1. The zero-order chi connectivity index (χ0) is 12.2. The Balaban J connectivity index is 2.56. The minimum atomic E-state index is -0.402. The molecule has 0 fully saturated rings. The molecular formula is C14H20O2. The Morgan fingerprint density at radius 1 is 1.12 bits per heavy atom. The van der Waals surface area contributed by atoms with Gasteiger partial charge in [-0.05, 0) is 38.3 Å². The highest BCUT2D eigenvalue weighted by molar-refractivity contribution is 5.73. The first-order valence-electron chi connectivity index (χ1n) is 5.70. The summed E-state index contributed by atoms with van der Waals surface area (Å²) in [6.45, 7) is 7.75. The van der Waals surface area contributed by atoms with Crippen LogP contribution in [0.15, 0.2) is 24.3 Å². The molecule has 0 aliphatic carbocycles. The predicted octanol–water partition coefficient (Wildman–Crippen LogP) is 3.13. The third-order valence-corrected chi connectivity index (χ3v) is 2.20. The summed E-state index contributed by atoms with van der Waals surface area (Å²) in [6, 6.07) is 8.09. The fourth-order valence-electron chi connectivity index (χ4n) is 1.44. The molecule has 0 N–H and O–H groups in total. The summed E-state index contributed by atoms with van der Waals surface area (Å²) < 4.78 is 5.26. The van der Waals surface area contributed by atoms with Gasteiger partial charge in [-0.2, -0.15) is 0 Å². The molecule has 0 atom stereocenters. The second kappa shape index (κ2) is 5.15. The molecule has 0 amide bonds. The number of carbonyl (C=O) groups is 1. The lowest BCUT2D eigenvalue weighted by Gasteiger charge is -2.19. The van der Waals surface area contributed by atoms with E-state index >= 15 is 0 Å². The van der Waals surface area contributed by atoms with E-state index in [-0.39, 0.29) is 5.97 Å². The zero-order valence-corrected chi connectivity index (χ0v) is 10.5. The second-order valence-corrected chi connectivity index (χ2v) is 4.93. The van der Waals surface area contributed by atoms with Crippen LogP contribution in [-0.2, 0) is 22.4 Å². The summed E-state index contributed by atoms with van der Waals surface area (Å²) in [7, 11) is 0. The fourth-order valence-corrected chi connectivity index (χ4v) is 1.44. The highest BCUT2D eigenvalue weighted by atomic mass is 16.6. The quantitative estimate of drug-likeness (QED) is 0.731. The molecule has 2 heteroatoms. The molecule has 0 saturated heterocycles. The average Bonchev–Trinajstić information content (AvgIpc) is 2.16. The monoisotopic (exact) mass is 220 g/mol. The molecule has 2 nitrogen and oxygen atoms in total. The van der Waals surface area contributed by atoms with Gasteiger partial charge < -0.3 is 4.74 Å². The van der Waals surface area contributed by atoms with Gasteiger partial charge in [-0.3, -0.25) is 4.79 Å². The predicted molar refractivity (Wildman–Crippen MR) is 65.4 cm³/mol. The Kier molecular flexibility index (Phi) is 4.11. The number of ether oxygens (including phenoxy) is 1. The van der Waals surface area contributed by atoms with Crippen molar-refractivity contribution in [3.05, 3.63) is 35.4 Å². The topological polar surface area (TPSA) is 26.3 Å². The Hall–Kier alpha value is -1.31. The van der Waals surface area contributed by atoms with Gasteiger partial charge in [0.1, 0.15) is 5.60 Å². The lowest BCUT2D eigenvalue weighted by molar-refractivity contribution is -0.153. The molecule has 1 rings (SSSR count). The van der Waals surface area contributed by atoms with Crippen LogP contribution in [0.1, 0.15) is 38.8 Å². The van der Waals surface area contributed by atoms with Crippen molar-refractivity contribution >= 4 is 5.97 Å². The maximum atomic E-state index is 11.6. The highest BCUT2D eigenvalue weighted by Gasteiger charge is 2.16. The van der Waals surface area contributed by atoms with Crippen LogP contribution in [0, 0.1) is 0 Å². The van der Waals surface area contributed by atoms with Gasteiger partial charge in [0.25, 0.3) is 0 Å². The van der Waals surface area contributed by atoms with Crippen molar-refractivity contribution in [2.75, 3.05) is 0 Å². The summed E-state index contributed by atoms with van der Waals surface area (Å²) in [6.07, 6.45) is 1.37. The van der Waals surface area contributed by atoms with Crippen molar-refractivity contribution in [2.45, 2.75) is 46.1 Å². The minimum absolute atomic E-state index is 0.170. The molecule has 88 valence electrons. The maximum absolute atomic E-state index is 11.6. The Morgan fingerprint density at radius 3 is 2.06 bits per heavy atom. The van der Waals surface area contributed by atoms with E-state index < -0.39 is 5.60 Å². The first-order valence-corrected chi connectivity index (χ1v) is 5.70. The number of esters is 1. The van der Waals surface area contributed by atoms with Gasteiger partial charge in [0.15, 0.2) is 0 Å². The van der Waals surface area contributed by atoms with Crippen molar-refractivity contribution < 1.29 is 9.53 Å². The van der Waals surface area contributed by atoms with E-state index in [0.29, 0.717) is 6.42 Å². The van der Waals surface area contributed by atoms with Gasteiger partial charge in [0.05, 0.1) is 6.42 Å². The molecule has 0 radical (unpaired) electrons. The Morgan fingerprint density at radius 2 is 1.62 bits per heavy atom. The molecule has 0 aromatic heterocycles. The molecule has 1 aromatic rings. The molecule has 0 aliphatic rings. The van der Waals surface area contributed by atoms with Crippen LogP contribution in [0.3, 0.4) is 0 Å². The molecule has 0 aliphatic heterocycles. The average molecular weight is 220 g/mol. The molecule has 0 spiro atoms. The van der Waals surface area contributed by atoms with E-state index in [1.165, 1.54) is 5.56 Å². The van der Waals surface area contributed by atoms with E-state index in [1.54, 1.807) is 0 Å². The molecule has 1 aromatic carbocycles. The standard InChI is InChI=1S/C14H20O2/c1-5-11-6-8-12(9-7-11)10-13(15)16-14(2,3)4/h6-9H,5,10H2,1-4H3. The van der Waals surface area contributed by atoms with Gasteiger partial charge in [-0.1, -0.05) is 31.2 Å². The van der Waals surface area contributed by atoms with Crippen molar-refractivity contribution in [2.24, 2.45) is 0 Å². The van der Waals surface area contributed by atoms with Crippen LogP contribution >= 0.6 is 0 Å². The summed E-state index contributed by atoms with van der Waals surface area (Å²) in [4.78, 5) is 11.6. The van der Waals surface area contributed by atoms with Crippen LogP contribution in [0.4, 0.5) is 0 Å². The Labute approximate surface area is 97.6 Å². The number of benzene rings is 1. The largest absolute Gasteiger partial charge is 0.460 e. The van der Waals surface area contributed by atoms with Crippen molar-refractivity contribution in [1.29, 1.82) is 0 Å². The van der Waals surface area contributed by atoms with Crippen LogP contribution in [0.25, 0.3) is 0 Å². The van der Waals surface area contributed by atoms with Gasteiger partial charge in [-0.15, -0.1) is 0 Å². The van der Waals surface area contributed by atoms with Gasteiger partial charge in [-0.25, -0.2) is 0 Å². The van der Waals surface area contributed by atoms with Crippen LogP contribution in [0.2, 0.25) is 0 Å². The van der Waals surface area contributed by atoms with Crippen LogP contribution in [0.5, 0.6) is 0 Å². The second-order valence-electron chi connectivity index (χ2n) is 4.93. The Bertz CT molecular complexity index is 344. The summed E-state index contributed by atoms with van der Waals surface area (Å²) >= 11 is 0. The summed E-state index contributed by atoms with van der Waals surface area (Å²) in [5, 5.41) is 0. The molecule has 0 saturated carbocycles. The number of aryl methyl sites for hydroxylation is 1. The van der Waals surface area contributed by atoms with E-state index in [1.807, 2.05) is 32.9 Å². The van der Waals surface area contributed by atoms with Crippen LogP contribution < -0.4 is 0 Å². The van der Waals surface area contributed by atoms with Crippen LogP contribution in [-0.4, -0.2) is 11.6 Å². The van der Waals surface area contributed by atoms with Gasteiger partial charge in [0.2, 0.25) is 0 Å². The summed E-state index contributed by atoms with van der Waals surface area (Å²) in [5.41, 5.74) is 1.89.